The fraction of sp³-hybridized carbons (Fsp3) is 0.240. The first-order chi connectivity index (χ1) is 14.9. The molecule has 6 heteroatoms. The molecule has 158 valence electrons. The predicted octanol–water partition coefficient (Wildman–Crippen LogP) is 4.65. The molecule has 0 spiro atoms. The summed E-state index contributed by atoms with van der Waals surface area (Å²) in [5, 5.41) is 0. The third kappa shape index (κ3) is 4.58. The van der Waals surface area contributed by atoms with Crippen molar-refractivity contribution in [1.29, 1.82) is 0 Å². The SMILES string of the molecule is CC(C)c1cc2c(cc1Oc1cc(Cc3ccc(C(N)=O)cc3)ccn1)OCCC2=O. The second-order valence-electron chi connectivity index (χ2n) is 7.90. The van der Waals surface area contributed by atoms with Gasteiger partial charge in [0.05, 0.1) is 12.2 Å². The molecule has 31 heavy (non-hydrogen) atoms. The summed E-state index contributed by atoms with van der Waals surface area (Å²) >= 11 is 0. The van der Waals surface area contributed by atoms with Gasteiger partial charge in [-0.15, -0.1) is 0 Å². The smallest absolute Gasteiger partial charge is 0.248 e. The maximum Gasteiger partial charge on any atom is 0.248 e. The quantitative estimate of drug-likeness (QED) is 0.631. The van der Waals surface area contributed by atoms with Gasteiger partial charge >= 0.3 is 0 Å². The van der Waals surface area contributed by atoms with Crippen LogP contribution in [0, 0.1) is 0 Å². The largest absolute Gasteiger partial charge is 0.492 e. The van der Waals surface area contributed by atoms with E-state index in [2.05, 4.69) is 18.8 Å². The highest BCUT2D eigenvalue weighted by atomic mass is 16.5. The maximum atomic E-state index is 12.2. The number of fused-ring (bicyclic) bond motifs is 1. The van der Waals surface area contributed by atoms with Crippen LogP contribution in [0.5, 0.6) is 17.4 Å². The number of ether oxygens (including phenoxy) is 2. The molecule has 6 nitrogen and oxygen atoms in total. The number of amides is 1. The van der Waals surface area contributed by atoms with Crippen molar-refractivity contribution in [1.82, 2.24) is 4.98 Å². The Morgan fingerprint density at radius 1 is 1.13 bits per heavy atom. The number of hydrogen-bond donors (Lipinski definition) is 1. The Morgan fingerprint density at radius 2 is 1.90 bits per heavy atom. The number of hydrogen-bond acceptors (Lipinski definition) is 5. The molecule has 0 aliphatic carbocycles. The molecule has 3 aromatic rings. The van der Waals surface area contributed by atoms with E-state index in [1.165, 1.54) is 0 Å². The number of aromatic nitrogens is 1. The van der Waals surface area contributed by atoms with Crippen molar-refractivity contribution in [3.05, 3.63) is 82.5 Å². The minimum absolute atomic E-state index is 0.0946. The van der Waals surface area contributed by atoms with Crippen LogP contribution in [0.1, 0.15) is 63.6 Å². The highest BCUT2D eigenvalue weighted by molar-refractivity contribution is 6.00. The topological polar surface area (TPSA) is 91.5 Å². The van der Waals surface area contributed by atoms with Gasteiger partial charge in [0.25, 0.3) is 0 Å². The number of pyridine rings is 1. The van der Waals surface area contributed by atoms with Crippen molar-refractivity contribution >= 4 is 11.7 Å². The van der Waals surface area contributed by atoms with Crippen molar-refractivity contribution < 1.29 is 19.1 Å². The Balaban J connectivity index is 1.59. The van der Waals surface area contributed by atoms with E-state index in [1.54, 1.807) is 24.4 Å². The molecule has 2 heterocycles. The highest BCUT2D eigenvalue weighted by Gasteiger charge is 2.23. The first kappa shape index (κ1) is 20.6. The molecule has 4 rings (SSSR count). The number of primary amides is 1. The Kier molecular flexibility index (Phi) is 5.71. The minimum atomic E-state index is -0.442. The van der Waals surface area contributed by atoms with E-state index in [9.17, 15) is 9.59 Å². The average Bonchev–Trinajstić information content (AvgIpc) is 2.74. The zero-order valence-corrected chi connectivity index (χ0v) is 17.6. The minimum Gasteiger partial charge on any atom is -0.492 e. The summed E-state index contributed by atoms with van der Waals surface area (Å²) in [5.41, 5.74) is 9.40. The molecular formula is C25H24N2O4. The van der Waals surface area contributed by atoms with Crippen molar-refractivity contribution in [3.63, 3.8) is 0 Å². The zero-order chi connectivity index (χ0) is 22.0. The molecule has 0 fully saturated rings. The molecule has 0 radical (unpaired) electrons. The predicted molar refractivity (Wildman–Crippen MR) is 117 cm³/mol. The van der Waals surface area contributed by atoms with Crippen molar-refractivity contribution in [3.8, 4) is 17.4 Å². The van der Waals surface area contributed by atoms with E-state index in [-0.39, 0.29) is 11.7 Å². The normalized spacial score (nSPS) is 12.9. The van der Waals surface area contributed by atoms with E-state index in [1.807, 2.05) is 30.3 Å². The lowest BCUT2D eigenvalue weighted by molar-refractivity contribution is 0.0932. The Labute approximate surface area is 181 Å². The second-order valence-corrected chi connectivity index (χ2v) is 7.90. The van der Waals surface area contributed by atoms with Gasteiger partial charge in [0, 0.05) is 30.3 Å². The van der Waals surface area contributed by atoms with Gasteiger partial charge in [-0.05, 0) is 53.3 Å². The van der Waals surface area contributed by atoms with Gasteiger partial charge in [-0.1, -0.05) is 26.0 Å². The molecule has 2 aromatic carbocycles. The van der Waals surface area contributed by atoms with Gasteiger partial charge in [-0.2, -0.15) is 0 Å². The highest BCUT2D eigenvalue weighted by Crippen LogP contribution is 2.38. The van der Waals surface area contributed by atoms with Gasteiger partial charge < -0.3 is 15.2 Å². The summed E-state index contributed by atoms with van der Waals surface area (Å²) in [5.74, 6) is 1.48. The first-order valence-corrected chi connectivity index (χ1v) is 10.3. The van der Waals surface area contributed by atoms with Crippen LogP contribution in [0.3, 0.4) is 0 Å². The summed E-state index contributed by atoms with van der Waals surface area (Å²) in [6.07, 6.45) is 2.77. The van der Waals surface area contributed by atoms with Crippen molar-refractivity contribution in [2.75, 3.05) is 6.61 Å². The van der Waals surface area contributed by atoms with Crippen LogP contribution in [0.2, 0.25) is 0 Å². The first-order valence-electron chi connectivity index (χ1n) is 10.3. The molecule has 1 amide bonds. The average molecular weight is 416 g/mol. The molecule has 0 unspecified atom stereocenters. The fourth-order valence-corrected chi connectivity index (χ4v) is 3.59. The number of nitrogens with zero attached hydrogens (tertiary/aromatic N) is 1. The molecule has 1 aromatic heterocycles. The molecule has 1 aliphatic heterocycles. The molecule has 0 atom stereocenters. The van der Waals surface area contributed by atoms with Gasteiger partial charge in [-0.25, -0.2) is 4.98 Å². The van der Waals surface area contributed by atoms with Crippen molar-refractivity contribution in [2.45, 2.75) is 32.6 Å². The summed E-state index contributed by atoms with van der Waals surface area (Å²) in [6, 6.07) is 14.7. The Morgan fingerprint density at radius 3 is 2.61 bits per heavy atom. The van der Waals surface area contributed by atoms with E-state index >= 15 is 0 Å². The monoisotopic (exact) mass is 416 g/mol. The molecular weight excluding hydrogens is 392 g/mol. The third-order valence-electron chi connectivity index (χ3n) is 5.28. The van der Waals surface area contributed by atoms with E-state index in [4.69, 9.17) is 15.2 Å². The van der Waals surface area contributed by atoms with E-state index < -0.39 is 5.91 Å². The fourth-order valence-electron chi connectivity index (χ4n) is 3.59. The lowest BCUT2D eigenvalue weighted by Crippen LogP contribution is -2.16. The second kappa shape index (κ2) is 8.60. The van der Waals surface area contributed by atoms with Gasteiger partial charge in [0.2, 0.25) is 11.8 Å². The van der Waals surface area contributed by atoms with Crippen molar-refractivity contribution in [2.24, 2.45) is 5.73 Å². The number of rotatable bonds is 6. The van der Waals surface area contributed by atoms with Crippen LogP contribution in [0.15, 0.2) is 54.7 Å². The lowest BCUT2D eigenvalue weighted by atomic mass is 9.95. The van der Waals surface area contributed by atoms with Gasteiger partial charge in [0.15, 0.2) is 5.78 Å². The number of nitrogens with two attached hydrogens (primary N) is 1. The Bertz CT molecular complexity index is 1140. The van der Waals surface area contributed by atoms with Gasteiger partial charge in [0.1, 0.15) is 11.5 Å². The summed E-state index contributed by atoms with van der Waals surface area (Å²) in [6.45, 7) is 4.50. The number of carbonyl (C=O) groups is 2. The summed E-state index contributed by atoms with van der Waals surface area (Å²) in [7, 11) is 0. The van der Waals surface area contributed by atoms with E-state index in [0.717, 1.165) is 16.7 Å². The number of benzene rings is 2. The zero-order valence-electron chi connectivity index (χ0n) is 17.6. The molecule has 0 bridgehead atoms. The van der Waals surface area contributed by atoms with Crippen LogP contribution in [-0.4, -0.2) is 23.3 Å². The lowest BCUT2D eigenvalue weighted by Gasteiger charge is -2.21. The van der Waals surface area contributed by atoms with Crippen LogP contribution < -0.4 is 15.2 Å². The Hall–Kier alpha value is -3.67. The van der Waals surface area contributed by atoms with Crippen LogP contribution in [-0.2, 0) is 6.42 Å². The number of Topliss-reactive ketones (excluding diaryl/α,β-unsaturated/α-hetero) is 1. The molecule has 1 aliphatic rings. The van der Waals surface area contributed by atoms with Crippen LogP contribution >= 0.6 is 0 Å². The van der Waals surface area contributed by atoms with Gasteiger partial charge in [-0.3, -0.25) is 9.59 Å². The standard InChI is InChI=1S/C25H24N2O4/c1-15(2)19-13-20-21(28)8-10-30-22(20)14-23(19)31-24-12-17(7-9-27-24)11-16-3-5-18(6-4-16)25(26)29/h3-7,9,12-15H,8,10-11H2,1-2H3,(H2,26,29). The number of carbonyl (C=O) groups excluding carboxylic acids is 2. The molecule has 2 N–H and O–H groups in total. The van der Waals surface area contributed by atoms with Crippen LogP contribution in [0.25, 0.3) is 0 Å². The van der Waals surface area contributed by atoms with E-state index in [0.29, 0.717) is 48.0 Å². The maximum absolute atomic E-state index is 12.2. The third-order valence-corrected chi connectivity index (χ3v) is 5.28. The molecule has 0 saturated heterocycles. The molecule has 0 saturated carbocycles. The summed E-state index contributed by atoms with van der Waals surface area (Å²) < 4.78 is 11.8. The van der Waals surface area contributed by atoms with Crippen LogP contribution in [0.4, 0.5) is 0 Å². The number of ketones is 1. The summed E-state index contributed by atoms with van der Waals surface area (Å²) in [4.78, 5) is 27.8.